The molecule has 0 heterocycles. The summed E-state index contributed by atoms with van der Waals surface area (Å²) < 4.78 is 10.4. The molecule has 0 radical (unpaired) electrons. The molecule has 0 aliphatic heterocycles. The molecule has 22 heavy (non-hydrogen) atoms. The number of hydrogen-bond acceptors (Lipinski definition) is 5. The van der Waals surface area contributed by atoms with Crippen molar-refractivity contribution in [3.63, 3.8) is 0 Å². The van der Waals surface area contributed by atoms with E-state index in [2.05, 4.69) is 9.84 Å². The van der Waals surface area contributed by atoms with Crippen molar-refractivity contribution in [1.29, 1.82) is 0 Å². The van der Waals surface area contributed by atoms with Crippen molar-refractivity contribution in [2.45, 2.75) is 19.3 Å². The van der Waals surface area contributed by atoms with Crippen LogP contribution < -0.4 is 10.6 Å². The summed E-state index contributed by atoms with van der Waals surface area (Å²) in [5.74, 6) is 5.86. The molecular formula is C17H20N2O3. The molecule has 2 rings (SSSR count). The van der Waals surface area contributed by atoms with Crippen molar-refractivity contribution >= 4 is 23.0 Å². The summed E-state index contributed by atoms with van der Waals surface area (Å²) in [4.78, 5) is 11.0. The Morgan fingerprint density at radius 1 is 1.23 bits per heavy atom. The summed E-state index contributed by atoms with van der Waals surface area (Å²) in [6, 6.07) is 11.9. The molecule has 2 N–H and O–H groups in total. The quantitative estimate of drug-likeness (QED) is 0.280. The van der Waals surface area contributed by atoms with Gasteiger partial charge >= 0.3 is 5.97 Å². The minimum Gasteiger partial charge on any atom is -0.493 e. The van der Waals surface area contributed by atoms with Gasteiger partial charge in [0, 0.05) is 12.0 Å². The van der Waals surface area contributed by atoms with Gasteiger partial charge < -0.3 is 15.3 Å². The number of carbonyl (C=O) groups excluding carboxylic acids is 1. The Morgan fingerprint density at radius 3 is 2.82 bits per heavy atom. The molecule has 0 saturated heterocycles. The highest BCUT2D eigenvalue weighted by Crippen LogP contribution is 2.26. The van der Waals surface area contributed by atoms with Crippen molar-refractivity contribution in [2.75, 3.05) is 13.7 Å². The van der Waals surface area contributed by atoms with E-state index in [-0.39, 0.29) is 5.97 Å². The third-order valence-corrected chi connectivity index (χ3v) is 3.39. The van der Waals surface area contributed by atoms with E-state index in [4.69, 9.17) is 10.6 Å². The van der Waals surface area contributed by atoms with Crippen LogP contribution in [0.1, 0.15) is 24.8 Å². The van der Waals surface area contributed by atoms with Gasteiger partial charge in [-0.25, -0.2) is 0 Å². The lowest BCUT2D eigenvalue weighted by atomic mass is 10.0. The van der Waals surface area contributed by atoms with Gasteiger partial charge in [0.25, 0.3) is 0 Å². The molecule has 5 heteroatoms. The fraction of sp³-hybridized carbons (Fsp3) is 0.294. The molecule has 2 aromatic carbocycles. The van der Waals surface area contributed by atoms with Crippen LogP contribution in [-0.4, -0.2) is 25.9 Å². The second-order valence-electron chi connectivity index (χ2n) is 4.86. The van der Waals surface area contributed by atoms with Gasteiger partial charge in [-0.1, -0.05) is 30.3 Å². The molecule has 0 atom stereocenters. The number of hydrogen-bond donors (Lipinski definition) is 1. The fourth-order valence-corrected chi connectivity index (χ4v) is 2.26. The first kappa shape index (κ1) is 15.8. The van der Waals surface area contributed by atoms with Crippen molar-refractivity contribution in [3.05, 3.63) is 42.0 Å². The molecule has 2 aromatic rings. The number of nitrogens with two attached hydrogens (primary N) is 1. The average Bonchev–Trinajstić information content (AvgIpc) is 2.56. The standard InChI is InChI=1S/C17H20N2O3/c1-21-17(20)8-4-5-11-22-16-10-9-13-6-2-3-7-14(13)15(16)12-19-18/h2-3,6-7,9-10,12H,4-5,8,11,18H2,1H3/b19-12+. The maximum Gasteiger partial charge on any atom is 0.305 e. The summed E-state index contributed by atoms with van der Waals surface area (Å²) in [5, 5.41) is 5.78. The normalized spacial score (nSPS) is 11.0. The molecule has 0 amide bonds. The van der Waals surface area contributed by atoms with Gasteiger partial charge in [-0.05, 0) is 29.7 Å². The maximum absolute atomic E-state index is 11.0. The van der Waals surface area contributed by atoms with E-state index in [9.17, 15) is 4.79 Å². The lowest BCUT2D eigenvalue weighted by Gasteiger charge is -2.11. The number of esters is 1. The number of nitrogens with zero attached hydrogens (tertiary/aromatic N) is 1. The molecule has 0 unspecified atom stereocenters. The van der Waals surface area contributed by atoms with Crippen LogP contribution in [0.2, 0.25) is 0 Å². The van der Waals surface area contributed by atoms with E-state index in [1.165, 1.54) is 7.11 Å². The Labute approximate surface area is 129 Å². The van der Waals surface area contributed by atoms with Gasteiger partial charge in [-0.15, -0.1) is 0 Å². The number of rotatable bonds is 7. The largest absolute Gasteiger partial charge is 0.493 e. The highest BCUT2D eigenvalue weighted by molar-refractivity contribution is 6.02. The zero-order chi connectivity index (χ0) is 15.8. The predicted octanol–water partition coefficient (Wildman–Crippen LogP) is 2.85. The van der Waals surface area contributed by atoms with Crippen molar-refractivity contribution in [1.82, 2.24) is 0 Å². The topological polar surface area (TPSA) is 73.9 Å². The highest BCUT2D eigenvalue weighted by atomic mass is 16.5. The zero-order valence-electron chi connectivity index (χ0n) is 12.6. The zero-order valence-corrected chi connectivity index (χ0v) is 12.6. The third-order valence-electron chi connectivity index (χ3n) is 3.39. The molecular weight excluding hydrogens is 280 g/mol. The molecule has 5 nitrogen and oxygen atoms in total. The monoisotopic (exact) mass is 300 g/mol. The average molecular weight is 300 g/mol. The number of hydrazone groups is 1. The second kappa shape index (κ2) is 8.02. The van der Waals surface area contributed by atoms with E-state index in [0.717, 1.165) is 34.9 Å². The number of unbranched alkanes of at least 4 members (excludes halogenated alkanes) is 1. The van der Waals surface area contributed by atoms with Crippen LogP contribution in [0.3, 0.4) is 0 Å². The van der Waals surface area contributed by atoms with Gasteiger partial charge in [-0.2, -0.15) is 5.10 Å². The summed E-state index contributed by atoms with van der Waals surface area (Å²) in [7, 11) is 1.40. The van der Waals surface area contributed by atoms with Gasteiger partial charge in [0.05, 0.1) is 19.9 Å². The molecule has 0 fully saturated rings. The Bertz CT molecular complexity index is 668. The maximum atomic E-state index is 11.0. The van der Waals surface area contributed by atoms with Crippen LogP contribution >= 0.6 is 0 Å². The van der Waals surface area contributed by atoms with Crippen molar-refractivity contribution < 1.29 is 14.3 Å². The van der Waals surface area contributed by atoms with Gasteiger partial charge in [0.15, 0.2) is 0 Å². The smallest absolute Gasteiger partial charge is 0.305 e. The van der Waals surface area contributed by atoms with E-state index >= 15 is 0 Å². The molecule has 0 aliphatic carbocycles. The second-order valence-corrected chi connectivity index (χ2v) is 4.86. The number of carbonyl (C=O) groups is 1. The summed E-state index contributed by atoms with van der Waals surface area (Å²) in [6.45, 7) is 0.529. The summed E-state index contributed by atoms with van der Waals surface area (Å²) >= 11 is 0. The van der Waals surface area contributed by atoms with Crippen LogP contribution in [0.4, 0.5) is 0 Å². The van der Waals surface area contributed by atoms with E-state index in [1.54, 1.807) is 6.21 Å². The molecule has 0 aliphatic rings. The molecule has 0 spiro atoms. The first-order chi connectivity index (χ1) is 10.8. The number of methoxy groups -OCH3 is 1. The predicted molar refractivity (Wildman–Crippen MR) is 87.1 cm³/mol. The van der Waals surface area contributed by atoms with Crippen LogP contribution in [0.15, 0.2) is 41.5 Å². The Morgan fingerprint density at radius 2 is 2.05 bits per heavy atom. The molecule has 0 aromatic heterocycles. The lowest BCUT2D eigenvalue weighted by molar-refractivity contribution is -0.140. The van der Waals surface area contributed by atoms with E-state index < -0.39 is 0 Å². The molecule has 0 saturated carbocycles. The molecule has 116 valence electrons. The highest BCUT2D eigenvalue weighted by Gasteiger charge is 2.07. The summed E-state index contributed by atoms with van der Waals surface area (Å²) in [5.41, 5.74) is 0.869. The minimum atomic E-state index is -0.193. The van der Waals surface area contributed by atoms with Crippen molar-refractivity contribution in [2.24, 2.45) is 10.9 Å². The van der Waals surface area contributed by atoms with E-state index in [0.29, 0.717) is 13.0 Å². The number of benzene rings is 2. The fourth-order valence-electron chi connectivity index (χ4n) is 2.26. The first-order valence-corrected chi connectivity index (χ1v) is 7.21. The number of fused-ring (bicyclic) bond motifs is 1. The minimum absolute atomic E-state index is 0.193. The van der Waals surface area contributed by atoms with Crippen LogP contribution in [0.25, 0.3) is 10.8 Å². The van der Waals surface area contributed by atoms with Crippen molar-refractivity contribution in [3.8, 4) is 5.75 Å². The third kappa shape index (κ3) is 3.97. The van der Waals surface area contributed by atoms with Crippen LogP contribution in [0, 0.1) is 0 Å². The molecule has 0 bridgehead atoms. The van der Waals surface area contributed by atoms with Crippen LogP contribution in [0.5, 0.6) is 5.75 Å². The van der Waals surface area contributed by atoms with Gasteiger partial charge in [0.1, 0.15) is 5.75 Å². The SMILES string of the molecule is COC(=O)CCCCOc1ccc2ccccc2c1/C=N/N. The number of ether oxygens (including phenoxy) is 2. The first-order valence-electron chi connectivity index (χ1n) is 7.21. The summed E-state index contributed by atoms with van der Waals surface area (Å²) in [6.07, 6.45) is 3.53. The Hall–Kier alpha value is -2.56. The van der Waals surface area contributed by atoms with Gasteiger partial charge in [0.2, 0.25) is 0 Å². The Balaban J connectivity index is 2.04. The van der Waals surface area contributed by atoms with E-state index in [1.807, 2.05) is 36.4 Å². The Kier molecular flexibility index (Phi) is 5.77. The van der Waals surface area contributed by atoms with Crippen LogP contribution in [-0.2, 0) is 9.53 Å². The lowest BCUT2D eigenvalue weighted by Crippen LogP contribution is -2.04. The van der Waals surface area contributed by atoms with Gasteiger partial charge in [-0.3, -0.25) is 4.79 Å².